The van der Waals surface area contributed by atoms with E-state index in [1.807, 2.05) is 13.0 Å². The van der Waals surface area contributed by atoms with Gasteiger partial charge in [-0.2, -0.15) is 0 Å². The second-order valence-corrected chi connectivity index (χ2v) is 4.54. The minimum Gasteiger partial charge on any atom is -0.490 e. The first-order valence-corrected chi connectivity index (χ1v) is 6.28. The normalized spacial score (nSPS) is 10.4. The van der Waals surface area contributed by atoms with Crippen LogP contribution in [-0.4, -0.2) is 19.0 Å². The molecular weight excluding hydrogens is 228 g/mol. The number of ether oxygens (including phenoxy) is 2. The Morgan fingerprint density at radius 1 is 1.28 bits per heavy atom. The van der Waals surface area contributed by atoms with Crippen LogP contribution in [0.3, 0.4) is 0 Å². The van der Waals surface area contributed by atoms with Crippen molar-refractivity contribution in [3.8, 4) is 11.5 Å². The van der Waals surface area contributed by atoms with Gasteiger partial charge in [0.2, 0.25) is 0 Å². The lowest BCUT2D eigenvalue weighted by Crippen LogP contribution is -2.11. The van der Waals surface area contributed by atoms with Gasteiger partial charge in [-0.3, -0.25) is 5.41 Å². The summed E-state index contributed by atoms with van der Waals surface area (Å²) < 4.78 is 11.2. The van der Waals surface area contributed by atoms with Gasteiger partial charge in [-0.25, -0.2) is 0 Å². The molecule has 3 N–H and O–H groups in total. The third-order valence-electron chi connectivity index (χ3n) is 2.51. The second-order valence-electron chi connectivity index (χ2n) is 4.54. The molecule has 0 aliphatic carbocycles. The van der Waals surface area contributed by atoms with E-state index in [0.29, 0.717) is 36.2 Å². The third kappa shape index (κ3) is 4.28. The SMILES string of the molecule is CCOc1cc(C(=N)N)ccc1OCCC(C)C. The van der Waals surface area contributed by atoms with Crippen LogP contribution in [0, 0.1) is 11.3 Å². The smallest absolute Gasteiger partial charge is 0.161 e. The molecule has 0 bridgehead atoms. The molecular formula is C14H22N2O2. The van der Waals surface area contributed by atoms with Gasteiger partial charge in [0.25, 0.3) is 0 Å². The Labute approximate surface area is 109 Å². The van der Waals surface area contributed by atoms with E-state index in [1.54, 1.807) is 12.1 Å². The molecule has 0 atom stereocenters. The largest absolute Gasteiger partial charge is 0.490 e. The molecule has 0 heterocycles. The van der Waals surface area contributed by atoms with Crippen molar-refractivity contribution in [1.82, 2.24) is 0 Å². The Morgan fingerprint density at radius 3 is 2.56 bits per heavy atom. The van der Waals surface area contributed by atoms with Crippen molar-refractivity contribution >= 4 is 5.84 Å². The predicted molar refractivity (Wildman–Crippen MR) is 73.6 cm³/mol. The minimum absolute atomic E-state index is 0.0321. The molecule has 0 aliphatic rings. The van der Waals surface area contributed by atoms with Crippen LogP contribution in [0.5, 0.6) is 11.5 Å². The Bertz CT molecular complexity index is 403. The molecule has 0 amide bonds. The average molecular weight is 250 g/mol. The lowest BCUT2D eigenvalue weighted by Gasteiger charge is -2.13. The van der Waals surface area contributed by atoms with Crippen molar-refractivity contribution < 1.29 is 9.47 Å². The van der Waals surface area contributed by atoms with Gasteiger partial charge >= 0.3 is 0 Å². The summed E-state index contributed by atoms with van der Waals surface area (Å²) in [6.07, 6.45) is 1.00. The molecule has 4 nitrogen and oxygen atoms in total. The number of nitrogens with two attached hydrogens (primary N) is 1. The first kappa shape index (κ1) is 14.4. The average Bonchev–Trinajstić information content (AvgIpc) is 2.30. The number of benzene rings is 1. The Kier molecular flexibility index (Phi) is 5.49. The van der Waals surface area contributed by atoms with Crippen LogP contribution in [0.2, 0.25) is 0 Å². The Morgan fingerprint density at radius 2 is 2.00 bits per heavy atom. The van der Waals surface area contributed by atoms with Crippen molar-refractivity contribution in [1.29, 1.82) is 5.41 Å². The maximum atomic E-state index is 7.41. The molecule has 0 spiro atoms. The molecule has 0 radical (unpaired) electrons. The maximum Gasteiger partial charge on any atom is 0.161 e. The highest BCUT2D eigenvalue weighted by atomic mass is 16.5. The van der Waals surface area contributed by atoms with Crippen molar-refractivity contribution in [2.24, 2.45) is 11.7 Å². The number of hydrogen-bond donors (Lipinski definition) is 2. The lowest BCUT2D eigenvalue weighted by molar-refractivity contribution is 0.261. The summed E-state index contributed by atoms with van der Waals surface area (Å²) in [6, 6.07) is 5.33. The van der Waals surface area contributed by atoms with Crippen molar-refractivity contribution in [3.63, 3.8) is 0 Å². The highest BCUT2D eigenvalue weighted by Gasteiger charge is 2.08. The standard InChI is InChI=1S/C14H22N2O2/c1-4-17-13-9-11(14(15)16)5-6-12(13)18-8-7-10(2)3/h5-6,9-10H,4,7-8H2,1-3H3,(H3,15,16). The van der Waals surface area contributed by atoms with Crippen LogP contribution in [0.4, 0.5) is 0 Å². The molecule has 4 heteroatoms. The van der Waals surface area contributed by atoms with Gasteiger partial charge in [0.15, 0.2) is 11.5 Å². The van der Waals surface area contributed by atoms with E-state index in [4.69, 9.17) is 20.6 Å². The molecule has 0 fully saturated rings. The van der Waals surface area contributed by atoms with Crippen molar-refractivity contribution in [2.75, 3.05) is 13.2 Å². The number of amidine groups is 1. The van der Waals surface area contributed by atoms with Crippen molar-refractivity contribution in [3.05, 3.63) is 23.8 Å². The van der Waals surface area contributed by atoms with Crippen molar-refractivity contribution in [2.45, 2.75) is 27.2 Å². The number of nitrogen functional groups attached to an aromatic ring is 1. The summed E-state index contributed by atoms with van der Waals surface area (Å²) in [5, 5.41) is 7.41. The third-order valence-corrected chi connectivity index (χ3v) is 2.51. The quantitative estimate of drug-likeness (QED) is 0.577. The van der Waals surface area contributed by atoms with E-state index in [-0.39, 0.29) is 5.84 Å². The summed E-state index contributed by atoms with van der Waals surface area (Å²) in [6.45, 7) is 7.45. The zero-order chi connectivity index (χ0) is 13.5. The van der Waals surface area contributed by atoms with E-state index >= 15 is 0 Å². The van der Waals surface area contributed by atoms with Gasteiger partial charge in [-0.05, 0) is 37.5 Å². The molecule has 0 saturated carbocycles. The van der Waals surface area contributed by atoms with Gasteiger partial charge in [0, 0.05) is 5.56 Å². The predicted octanol–water partition coefficient (Wildman–Crippen LogP) is 2.79. The molecule has 0 unspecified atom stereocenters. The monoisotopic (exact) mass is 250 g/mol. The number of hydrogen-bond acceptors (Lipinski definition) is 3. The molecule has 1 aromatic rings. The van der Waals surface area contributed by atoms with Crippen LogP contribution in [0.1, 0.15) is 32.8 Å². The van der Waals surface area contributed by atoms with E-state index in [0.717, 1.165) is 6.42 Å². The summed E-state index contributed by atoms with van der Waals surface area (Å²) in [4.78, 5) is 0. The van der Waals surface area contributed by atoms with Crippen LogP contribution >= 0.6 is 0 Å². The molecule has 0 aliphatic heterocycles. The van der Waals surface area contributed by atoms with Gasteiger partial charge in [0.1, 0.15) is 5.84 Å². The second kappa shape index (κ2) is 6.89. The van der Waals surface area contributed by atoms with Crippen LogP contribution in [-0.2, 0) is 0 Å². The van der Waals surface area contributed by atoms with Crippen LogP contribution in [0.15, 0.2) is 18.2 Å². The Hall–Kier alpha value is -1.71. The van der Waals surface area contributed by atoms with E-state index in [9.17, 15) is 0 Å². The van der Waals surface area contributed by atoms with Gasteiger partial charge in [0.05, 0.1) is 13.2 Å². The van der Waals surface area contributed by atoms with E-state index in [1.165, 1.54) is 0 Å². The summed E-state index contributed by atoms with van der Waals surface area (Å²) in [5.74, 6) is 2.00. The van der Waals surface area contributed by atoms with Gasteiger partial charge < -0.3 is 15.2 Å². The van der Waals surface area contributed by atoms with E-state index < -0.39 is 0 Å². The zero-order valence-corrected chi connectivity index (χ0v) is 11.3. The lowest BCUT2D eigenvalue weighted by atomic mass is 10.1. The highest BCUT2D eigenvalue weighted by molar-refractivity contribution is 5.95. The summed E-state index contributed by atoms with van der Waals surface area (Å²) >= 11 is 0. The summed E-state index contributed by atoms with van der Waals surface area (Å²) in [5.41, 5.74) is 6.10. The minimum atomic E-state index is 0.0321. The fraction of sp³-hybridized carbons (Fsp3) is 0.500. The molecule has 1 aromatic carbocycles. The molecule has 100 valence electrons. The zero-order valence-electron chi connectivity index (χ0n) is 11.3. The number of nitrogens with one attached hydrogen (secondary N) is 1. The summed E-state index contributed by atoms with van der Waals surface area (Å²) in [7, 11) is 0. The fourth-order valence-corrected chi connectivity index (χ4v) is 1.47. The molecule has 0 aromatic heterocycles. The van der Waals surface area contributed by atoms with Crippen LogP contribution in [0.25, 0.3) is 0 Å². The Balaban J connectivity index is 2.79. The fourth-order valence-electron chi connectivity index (χ4n) is 1.47. The molecule has 18 heavy (non-hydrogen) atoms. The van der Waals surface area contributed by atoms with Crippen LogP contribution < -0.4 is 15.2 Å². The first-order valence-electron chi connectivity index (χ1n) is 6.28. The molecule has 1 rings (SSSR count). The van der Waals surface area contributed by atoms with E-state index in [2.05, 4.69) is 13.8 Å². The highest BCUT2D eigenvalue weighted by Crippen LogP contribution is 2.28. The molecule has 0 saturated heterocycles. The topological polar surface area (TPSA) is 68.3 Å². The van der Waals surface area contributed by atoms with Gasteiger partial charge in [-0.15, -0.1) is 0 Å². The maximum absolute atomic E-state index is 7.41. The van der Waals surface area contributed by atoms with Gasteiger partial charge in [-0.1, -0.05) is 13.8 Å². The first-order chi connectivity index (χ1) is 8.54. The number of rotatable bonds is 7.